The number of halogens is 3. The molecule has 0 aliphatic rings. The third-order valence-corrected chi connectivity index (χ3v) is 2.22. The highest BCUT2D eigenvalue weighted by atomic mass is 79.9. The first-order chi connectivity index (χ1) is 5.52. The van der Waals surface area contributed by atoms with E-state index in [1.165, 1.54) is 6.07 Å². The van der Waals surface area contributed by atoms with Gasteiger partial charge in [-0.3, -0.25) is 4.79 Å². The van der Waals surface area contributed by atoms with Crippen LogP contribution in [0.1, 0.15) is 10.4 Å². The normalized spacial score (nSPS) is 9.92. The zero-order chi connectivity index (χ0) is 9.30. The summed E-state index contributed by atoms with van der Waals surface area (Å²) < 4.78 is 13.0. The minimum absolute atomic E-state index is 0.119. The molecule has 64 valence electrons. The molecule has 0 radical (unpaired) electrons. The van der Waals surface area contributed by atoms with Crippen molar-refractivity contribution < 1.29 is 9.18 Å². The molecule has 0 aliphatic heterocycles. The minimum atomic E-state index is -0.649. The first-order valence-electron chi connectivity index (χ1n) is 2.96. The fourth-order valence-corrected chi connectivity index (χ4v) is 1.39. The van der Waals surface area contributed by atoms with Gasteiger partial charge in [-0.15, -0.1) is 0 Å². The average molecular weight is 252 g/mol. The van der Waals surface area contributed by atoms with Gasteiger partial charge in [0.25, 0.3) is 0 Å². The van der Waals surface area contributed by atoms with Crippen molar-refractivity contribution in [3.63, 3.8) is 0 Å². The number of nitrogens with two attached hydrogens (primary N) is 1. The molecule has 1 aromatic carbocycles. The van der Waals surface area contributed by atoms with Gasteiger partial charge in [0, 0.05) is 4.47 Å². The third kappa shape index (κ3) is 1.76. The maximum absolute atomic E-state index is 12.7. The molecule has 1 rings (SSSR count). The summed E-state index contributed by atoms with van der Waals surface area (Å²) in [5.41, 5.74) is 5.15. The lowest BCUT2D eigenvalue weighted by Gasteiger charge is -2.00. The van der Waals surface area contributed by atoms with E-state index in [4.69, 9.17) is 17.3 Å². The number of carbonyl (C=O) groups excluding carboxylic acids is 1. The van der Waals surface area contributed by atoms with Crippen LogP contribution in [0, 0.1) is 5.82 Å². The number of benzene rings is 1. The number of hydrogen-bond donors (Lipinski definition) is 1. The molecule has 0 saturated carbocycles. The number of rotatable bonds is 1. The predicted molar refractivity (Wildman–Crippen MR) is 47.6 cm³/mol. The Bertz CT molecular complexity index is 342. The third-order valence-electron chi connectivity index (χ3n) is 1.28. The zero-order valence-corrected chi connectivity index (χ0v) is 8.12. The second-order valence-corrected chi connectivity index (χ2v) is 3.37. The van der Waals surface area contributed by atoms with Crippen molar-refractivity contribution in [3.05, 3.63) is 33.0 Å². The highest BCUT2D eigenvalue weighted by molar-refractivity contribution is 9.10. The summed E-state index contributed by atoms with van der Waals surface area (Å²) in [4.78, 5) is 10.7. The Kier molecular flexibility index (Phi) is 2.69. The quantitative estimate of drug-likeness (QED) is 0.766. The summed E-state index contributed by atoms with van der Waals surface area (Å²) in [7, 11) is 0. The van der Waals surface area contributed by atoms with Gasteiger partial charge >= 0.3 is 0 Å². The number of amides is 1. The van der Waals surface area contributed by atoms with E-state index in [-0.39, 0.29) is 10.6 Å². The SMILES string of the molecule is NC(=O)c1cc(Cl)c(F)cc1Br. The van der Waals surface area contributed by atoms with Crippen molar-refractivity contribution in [1.29, 1.82) is 0 Å². The zero-order valence-electron chi connectivity index (χ0n) is 5.77. The molecule has 0 bridgehead atoms. The summed E-state index contributed by atoms with van der Waals surface area (Å²) >= 11 is 8.41. The average Bonchev–Trinajstić information content (AvgIpc) is 1.96. The molecule has 5 heteroatoms. The van der Waals surface area contributed by atoms with E-state index in [9.17, 15) is 9.18 Å². The molecule has 0 unspecified atom stereocenters. The molecule has 0 aromatic heterocycles. The van der Waals surface area contributed by atoms with Crippen LogP contribution in [0.4, 0.5) is 4.39 Å². The standard InChI is InChI=1S/C7H4BrClFNO/c8-4-2-6(10)5(9)1-3(4)7(11)12/h1-2H,(H2,11,12). The summed E-state index contributed by atoms with van der Waals surface area (Å²) in [6, 6.07) is 2.28. The van der Waals surface area contributed by atoms with Crippen LogP contribution in [0.5, 0.6) is 0 Å². The van der Waals surface area contributed by atoms with E-state index in [0.717, 1.165) is 6.07 Å². The van der Waals surface area contributed by atoms with Crippen LogP contribution in [0.2, 0.25) is 5.02 Å². The molecule has 2 N–H and O–H groups in total. The Balaban J connectivity index is 3.33. The van der Waals surface area contributed by atoms with Gasteiger partial charge in [0.15, 0.2) is 0 Å². The lowest BCUT2D eigenvalue weighted by molar-refractivity contribution is 0.0999. The number of primary amides is 1. The van der Waals surface area contributed by atoms with Crippen molar-refractivity contribution in [1.82, 2.24) is 0 Å². The lowest BCUT2D eigenvalue weighted by Crippen LogP contribution is -2.11. The second-order valence-electron chi connectivity index (χ2n) is 2.11. The molecular weight excluding hydrogens is 248 g/mol. The smallest absolute Gasteiger partial charge is 0.249 e. The van der Waals surface area contributed by atoms with Gasteiger partial charge in [-0.25, -0.2) is 4.39 Å². The molecular formula is C7H4BrClFNO. The Morgan fingerprint density at radius 3 is 2.67 bits per heavy atom. The summed E-state index contributed by atoms with van der Waals surface area (Å²) in [5, 5.41) is -0.119. The van der Waals surface area contributed by atoms with Gasteiger partial charge in [0.05, 0.1) is 10.6 Å². The molecule has 0 aliphatic carbocycles. The van der Waals surface area contributed by atoms with Crippen molar-refractivity contribution in [2.75, 3.05) is 0 Å². The van der Waals surface area contributed by atoms with E-state index in [2.05, 4.69) is 15.9 Å². The van der Waals surface area contributed by atoms with E-state index >= 15 is 0 Å². The van der Waals surface area contributed by atoms with Crippen molar-refractivity contribution in [2.24, 2.45) is 5.73 Å². The molecule has 1 amide bonds. The Morgan fingerprint density at radius 2 is 2.17 bits per heavy atom. The lowest BCUT2D eigenvalue weighted by atomic mass is 10.2. The predicted octanol–water partition coefficient (Wildman–Crippen LogP) is 2.34. The summed E-state index contributed by atoms with van der Waals surface area (Å²) in [6.45, 7) is 0. The Morgan fingerprint density at radius 1 is 1.58 bits per heavy atom. The van der Waals surface area contributed by atoms with E-state index < -0.39 is 11.7 Å². The van der Waals surface area contributed by atoms with Crippen LogP contribution < -0.4 is 5.73 Å². The highest BCUT2D eigenvalue weighted by Gasteiger charge is 2.10. The minimum Gasteiger partial charge on any atom is -0.366 e. The maximum Gasteiger partial charge on any atom is 0.249 e. The van der Waals surface area contributed by atoms with Crippen LogP contribution in [0.15, 0.2) is 16.6 Å². The fourth-order valence-electron chi connectivity index (χ4n) is 0.711. The summed E-state index contributed by atoms with van der Waals surface area (Å²) in [6.07, 6.45) is 0. The molecule has 0 spiro atoms. The largest absolute Gasteiger partial charge is 0.366 e. The second kappa shape index (κ2) is 3.41. The Hall–Kier alpha value is -0.610. The van der Waals surface area contributed by atoms with Gasteiger partial charge in [0.1, 0.15) is 5.82 Å². The van der Waals surface area contributed by atoms with E-state index in [1.807, 2.05) is 0 Å². The van der Waals surface area contributed by atoms with Gasteiger partial charge in [-0.1, -0.05) is 11.6 Å². The Labute approximate surface area is 81.6 Å². The van der Waals surface area contributed by atoms with Crippen LogP contribution >= 0.6 is 27.5 Å². The molecule has 0 atom stereocenters. The van der Waals surface area contributed by atoms with Gasteiger partial charge < -0.3 is 5.73 Å². The van der Waals surface area contributed by atoms with Gasteiger partial charge in [0.2, 0.25) is 5.91 Å². The first-order valence-corrected chi connectivity index (χ1v) is 4.14. The molecule has 0 heterocycles. The molecule has 0 fully saturated rings. The number of carbonyl (C=O) groups is 1. The monoisotopic (exact) mass is 251 g/mol. The van der Waals surface area contributed by atoms with Gasteiger partial charge in [-0.05, 0) is 28.1 Å². The highest BCUT2D eigenvalue weighted by Crippen LogP contribution is 2.23. The number of hydrogen-bond acceptors (Lipinski definition) is 1. The molecule has 2 nitrogen and oxygen atoms in total. The van der Waals surface area contributed by atoms with Crippen molar-refractivity contribution >= 4 is 33.4 Å². The first kappa shape index (κ1) is 9.48. The molecule has 1 aromatic rings. The van der Waals surface area contributed by atoms with Crippen molar-refractivity contribution in [3.8, 4) is 0 Å². The summed E-state index contributed by atoms with van der Waals surface area (Å²) in [5.74, 6) is -1.24. The van der Waals surface area contributed by atoms with Crippen LogP contribution in [0.3, 0.4) is 0 Å². The van der Waals surface area contributed by atoms with Crippen LogP contribution in [-0.2, 0) is 0 Å². The topological polar surface area (TPSA) is 43.1 Å². The van der Waals surface area contributed by atoms with Crippen LogP contribution in [-0.4, -0.2) is 5.91 Å². The van der Waals surface area contributed by atoms with Gasteiger partial charge in [-0.2, -0.15) is 0 Å². The molecule has 12 heavy (non-hydrogen) atoms. The van der Waals surface area contributed by atoms with Crippen molar-refractivity contribution in [2.45, 2.75) is 0 Å². The maximum atomic E-state index is 12.7. The molecule has 0 saturated heterocycles. The van der Waals surface area contributed by atoms with Crippen LogP contribution in [0.25, 0.3) is 0 Å². The van der Waals surface area contributed by atoms with E-state index in [1.54, 1.807) is 0 Å². The van der Waals surface area contributed by atoms with E-state index in [0.29, 0.717) is 4.47 Å². The fraction of sp³-hybridized carbons (Fsp3) is 0.